The summed E-state index contributed by atoms with van der Waals surface area (Å²) < 4.78 is 41.3. The second-order valence-electron chi connectivity index (χ2n) is 8.68. The normalized spacial score (nSPS) is 12.2. The summed E-state index contributed by atoms with van der Waals surface area (Å²) in [4.78, 5) is 27.9. The number of halogens is 1. The van der Waals surface area contributed by atoms with Crippen LogP contribution in [0.5, 0.6) is 0 Å². The number of likely N-dealkylation sites (N-methyl/N-ethyl adjacent to an activating group) is 1. The van der Waals surface area contributed by atoms with Crippen molar-refractivity contribution >= 4 is 21.8 Å². The Labute approximate surface area is 218 Å². The van der Waals surface area contributed by atoms with Gasteiger partial charge in [-0.15, -0.1) is 0 Å². The molecule has 37 heavy (non-hydrogen) atoms. The Morgan fingerprint density at radius 2 is 1.51 bits per heavy atom. The van der Waals surface area contributed by atoms with E-state index in [-0.39, 0.29) is 49.1 Å². The van der Waals surface area contributed by atoms with E-state index in [2.05, 4.69) is 5.32 Å². The highest BCUT2D eigenvalue weighted by atomic mass is 32.2. The van der Waals surface area contributed by atoms with E-state index in [9.17, 15) is 22.4 Å². The van der Waals surface area contributed by atoms with Crippen molar-refractivity contribution in [2.24, 2.45) is 0 Å². The molecule has 0 saturated carbocycles. The van der Waals surface area contributed by atoms with Gasteiger partial charge in [0.25, 0.3) is 0 Å². The zero-order chi connectivity index (χ0) is 26.8. The van der Waals surface area contributed by atoms with Crippen LogP contribution in [0.4, 0.5) is 4.39 Å². The van der Waals surface area contributed by atoms with Crippen molar-refractivity contribution < 1.29 is 22.4 Å². The lowest BCUT2D eigenvalue weighted by molar-refractivity contribution is -0.141. The number of carbonyl (C=O) groups excluding carboxylic acids is 2. The van der Waals surface area contributed by atoms with E-state index in [1.807, 2.05) is 30.3 Å². The van der Waals surface area contributed by atoms with Gasteiger partial charge in [-0.3, -0.25) is 9.59 Å². The number of nitrogens with one attached hydrogen (secondary N) is 1. The molecule has 0 radical (unpaired) electrons. The molecule has 0 aromatic heterocycles. The zero-order valence-electron chi connectivity index (χ0n) is 21.0. The summed E-state index contributed by atoms with van der Waals surface area (Å²) in [6.45, 7) is 0.0222. The van der Waals surface area contributed by atoms with Crippen LogP contribution in [0.3, 0.4) is 0 Å². The maximum absolute atomic E-state index is 14.5. The van der Waals surface area contributed by atoms with Crippen molar-refractivity contribution in [3.8, 4) is 0 Å². The fourth-order valence-electron chi connectivity index (χ4n) is 4.02. The first-order valence-corrected chi connectivity index (χ1v) is 13.5. The molecule has 0 aliphatic carbocycles. The van der Waals surface area contributed by atoms with Crippen LogP contribution in [0.25, 0.3) is 0 Å². The molecule has 196 valence electrons. The van der Waals surface area contributed by atoms with Gasteiger partial charge in [-0.2, -0.15) is 0 Å². The SMILES string of the molecule is CNC(=O)C(Cc1ccccc1)N(Cc1ccccc1F)C(=O)CCCN(C)S(=O)(=O)c1ccccc1. The van der Waals surface area contributed by atoms with E-state index in [0.717, 1.165) is 5.56 Å². The van der Waals surface area contributed by atoms with E-state index in [1.54, 1.807) is 36.4 Å². The largest absolute Gasteiger partial charge is 0.357 e. The lowest BCUT2D eigenvalue weighted by Crippen LogP contribution is -2.50. The Morgan fingerprint density at radius 3 is 2.14 bits per heavy atom. The maximum atomic E-state index is 14.5. The molecule has 0 saturated heterocycles. The Balaban J connectivity index is 1.79. The third kappa shape index (κ3) is 7.47. The molecule has 0 heterocycles. The molecule has 0 aliphatic heterocycles. The summed E-state index contributed by atoms with van der Waals surface area (Å²) in [5.41, 5.74) is 1.15. The van der Waals surface area contributed by atoms with Gasteiger partial charge in [0.05, 0.1) is 4.90 Å². The molecule has 2 amide bonds. The highest BCUT2D eigenvalue weighted by Crippen LogP contribution is 2.19. The summed E-state index contributed by atoms with van der Waals surface area (Å²) >= 11 is 0. The molecule has 0 aliphatic rings. The first-order valence-electron chi connectivity index (χ1n) is 12.0. The number of amides is 2. The van der Waals surface area contributed by atoms with Crippen LogP contribution in [0.1, 0.15) is 24.0 Å². The topological polar surface area (TPSA) is 86.8 Å². The smallest absolute Gasteiger partial charge is 0.242 e. The number of sulfonamides is 1. The van der Waals surface area contributed by atoms with Gasteiger partial charge >= 0.3 is 0 Å². The van der Waals surface area contributed by atoms with Gasteiger partial charge in [-0.1, -0.05) is 66.7 Å². The fourth-order valence-corrected chi connectivity index (χ4v) is 5.25. The van der Waals surface area contributed by atoms with E-state index in [4.69, 9.17) is 0 Å². The van der Waals surface area contributed by atoms with Crippen molar-refractivity contribution in [1.29, 1.82) is 0 Å². The monoisotopic (exact) mass is 525 g/mol. The number of hydrogen-bond acceptors (Lipinski definition) is 4. The second-order valence-corrected chi connectivity index (χ2v) is 10.7. The highest BCUT2D eigenvalue weighted by molar-refractivity contribution is 7.89. The van der Waals surface area contributed by atoms with Crippen LogP contribution in [0.15, 0.2) is 89.8 Å². The lowest BCUT2D eigenvalue weighted by atomic mass is 10.0. The van der Waals surface area contributed by atoms with Gasteiger partial charge in [0, 0.05) is 45.6 Å². The van der Waals surface area contributed by atoms with Crippen LogP contribution in [0, 0.1) is 5.82 Å². The average molecular weight is 526 g/mol. The van der Waals surface area contributed by atoms with Gasteiger partial charge in [-0.25, -0.2) is 17.1 Å². The minimum atomic E-state index is -3.69. The van der Waals surface area contributed by atoms with Crippen molar-refractivity contribution in [2.45, 2.75) is 36.7 Å². The predicted octanol–water partition coefficient (Wildman–Crippen LogP) is 3.61. The van der Waals surface area contributed by atoms with E-state index >= 15 is 0 Å². The van der Waals surface area contributed by atoms with E-state index in [0.29, 0.717) is 5.56 Å². The number of nitrogens with zero attached hydrogens (tertiary/aromatic N) is 2. The van der Waals surface area contributed by atoms with Crippen LogP contribution in [-0.4, -0.2) is 56.1 Å². The van der Waals surface area contributed by atoms with Crippen LogP contribution in [0.2, 0.25) is 0 Å². The van der Waals surface area contributed by atoms with Crippen molar-refractivity contribution in [2.75, 3.05) is 20.6 Å². The van der Waals surface area contributed by atoms with Gasteiger partial charge < -0.3 is 10.2 Å². The van der Waals surface area contributed by atoms with Crippen molar-refractivity contribution in [3.63, 3.8) is 0 Å². The Morgan fingerprint density at radius 1 is 0.919 bits per heavy atom. The molecule has 1 N–H and O–H groups in total. The quantitative estimate of drug-likeness (QED) is 0.391. The number of rotatable bonds is 12. The van der Waals surface area contributed by atoms with E-state index in [1.165, 1.54) is 41.5 Å². The summed E-state index contributed by atoms with van der Waals surface area (Å²) in [6.07, 6.45) is 0.481. The minimum absolute atomic E-state index is 0.00855. The molecular weight excluding hydrogens is 493 g/mol. The molecule has 1 unspecified atom stereocenters. The molecule has 3 aromatic carbocycles. The lowest BCUT2D eigenvalue weighted by Gasteiger charge is -2.31. The number of hydrogen-bond donors (Lipinski definition) is 1. The summed E-state index contributed by atoms with van der Waals surface area (Å²) in [7, 11) is -0.731. The maximum Gasteiger partial charge on any atom is 0.242 e. The van der Waals surface area contributed by atoms with Crippen molar-refractivity contribution in [3.05, 3.63) is 102 Å². The second kappa shape index (κ2) is 13.1. The standard InChI is InChI=1S/C28H32FN3O4S/c1-30-28(34)26(20-22-12-5-3-6-13-22)32(21-23-14-9-10-17-25(23)29)27(33)18-11-19-31(2)37(35,36)24-15-7-4-8-16-24/h3-10,12-17,26H,11,18-21H2,1-2H3,(H,30,34). The minimum Gasteiger partial charge on any atom is -0.357 e. The molecule has 3 rings (SSSR count). The average Bonchev–Trinajstić information content (AvgIpc) is 2.92. The van der Waals surface area contributed by atoms with Crippen LogP contribution in [-0.2, 0) is 32.6 Å². The van der Waals surface area contributed by atoms with Gasteiger partial charge in [0.2, 0.25) is 21.8 Å². The Hall–Kier alpha value is -3.56. The van der Waals surface area contributed by atoms with E-state index < -0.39 is 21.9 Å². The van der Waals surface area contributed by atoms with Crippen molar-refractivity contribution in [1.82, 2.24) is 14.5 Å². The molecule has 3 aromatic rings. The van der Waals surface area contributed by atoms with Gasteiger partial charge in [-0.05, 0) is 30.2 Å². The third-order valence-electron chi connectivity index (χ3n) is 6.13. The molecule has 0 spiro atoms. The van der Waals surface area contributed by atoms with Crippen LogP contribution < -0.4 is 5.32 Å². The van der Waals surface area contributed by atoms with Gasteiger partial charge in [0.1, 0.15) is 11.9 Å². The molecule has 7 nitrogen and oxygen atoms in total. The van der Waals surface area contributed by atoms with Gasteiger partial charge in [0.15, 0.2) is 0 Å². The first kappa shape index (κ1) is 28.0. The first-order chi connectivity index (χ1) is 17.7. The number of carbonyl (C=O) groups is 2. The van der Waals surface area contributed by atoms with Crippen LogP contribution >= 0.6 is 0 Å². The predicted molar refractivity (Wildman–Crippen MR) is 140 cm³/mol. The highest BCUT2D eigenvalue weighted by Gasteiger charge is 2.30. The molecule has 0 bridgehead atoms. The fraction of sp³-hybridized carbons (Fsp3) is 0.286. The summed E-state index contributed by atoms with van der Waals surface area (Å²) in [5.74, 6) is -1.19. The molecule has 9 heteroatoms. The number of benzene rings is 3. The molecule has 1 atom stereocenters. The molecular formula is C28H32FN3O4S. The Bertz CT molecular complexity index is 1290. The summed E-state index contributed by atoms with van der Waals surface area (Å²) in [5, 5.41) is 2.62. The Kier molecular flexibility index (Phi) is 9.93. The summed E-state index contributed by atoms with van der Waals surface area (Å²) in [6, 6.07) is 22.6. The zero-order valence-corrected chi connectivity index (χ0v) is 21.8. The third-order valence-corrected chi connectivity index (χ3v) is 8.00. The molecule has 0 fully saturated rings.